The fourth-order valence-electron chi connectivity index (χ4n) is 1.22. The van der Waals surface area contributed by atoms with Crippen LogP contribution in [0.5, 0.6) is 5.88 Å². The van der Waals surface area contributed by atoms with Crippen molar-refractivity contribution in [1.82, 2.24) is 4.98 Å². The van der Waals surface area contributed by atoms with Crippen LogP contribution in [0.4, 0.5) is 0 Å². The van der Waals surface area contributed by atoms with Crippen molar-refractivity contribution < 1.29 is 4.74 Å². The summed E-state index contributed by atoms with van der Waals surface area (Å²) in [7, 11) is 1.60. The summed E-state index contributed by atoms with van der Waals surface area (Å²) in [5.74, 6) is 1.20. The quantitative estimate of drug-likeness (QED) is 0.699. The highest BCUT2D eigenvalue weighted by molar-refractivity contribution is 6.29. The molecule has 0 saturated heterocycles. The Balaban J connectivity index is 2.88. The highest BCUT2D eigenvalue weighted by Gasteiger charge is 2.03. The maximum absolute atomic E-state index is 5.82. The van der Waals surface area contributed by atoms with Crippen molar-refractivity contribution in [2.24, 2.45) is 5.92 Å². The van der Waals surface area contributed by atoms with E-state index < -0.39 is 0 Å². The smallest absolute Gasteiger partial charge is 0.214 e. The minimum atomic E-state index is 0.495. The largest absolute Gasteiger partial charge is 0.481 e. The molecule has 0 aliphatic carbocycles. The van der Waals surface area contributed by atoms with Crippen LogP contribution in [0, 0.1) is 5.92 Å². The van der Waals surface area contributed by atoms with Gasteiger partial charge in [0.15, 0.2) is 0 Å². The number of pyridine rings is 1. The second-order valence-electron chi connectivity index (χ2n) is 3.44. The molecule has 2 nitrogen and oxygen atoms in total. The lowest BCUT2D eigenvalue weighted by Gasteiger charge is -2.06. The van der Waals surface area contributed by atoms with E-state index in [-0.39, 0.29) is 0 Å². The normalized spacial score (nSPS) is 10.5. The van der Waals surface area contributed by atoms with Gasteiger partial charge in [0.1, 0.15) is 5.15 Å². The summed E-state index contributed by atoms with van der Waals surface area (Å²) in [6.07, 6.45) is 0.999. The van der Waals surface area contributed by atoms with Gasteiger partial charge < -0.3 is 4.74 Å². The average molecular weight is 200 g/mol. The van der Waals surface area contributed by atoms with Gasteiger partial charge in [0.2, 0.25) is 5.88 Å². The average Bonchev–Trinajstić information content (AvgIpc) is 2.01. The van der Waals surface area contributed by atoms with Crippen molar-refractivity contribution in [3.8, 4) is 5.88 Å². The van der Waals surface area contributed by atoms with E-state index in [1.165, 1.54) is 5.56 Å². The summed E-state index contributed by atoms with van der Waals surface area (Å²) in [5, 5.41) is 0.495. The highest BCUT2D eigenvalue weighted by Crippen LogP contribution is 2.18. The molecule has 72 valence electrons. The Hall–Kier alpha value is -0.760. The first kappa shape index (κ1) is 10.3. The van der Waals surface area contributed by atoms with Crippen molar-refractivity contribution in [2.75, 3.05) is 7.11 Å². The molecule has 1 aromatic heterocycles. The SMILES string of the molecule is COc1cc(CC(C)C)cc(Cl)n1. The van der Waals surface area contributed by atoms with E-state index >= 15 is 0 Å². The molecule has 0 saturated carbocycles. The molecular weight excluding hydrogens is 186 g/mol. The van der Waals surface area contributed by atoms with E-state index in [1.54, 1.807) is 7.11 Å². The molecule has 0 radical (unpaired) electrons. The maximum atomic E-state index is 5.82. The second kappa shape index (κ2) is 4.47. The van der Waals surface area contributed by atoms with Crippen LogP contribution in [-0.2, 0) is 6.42 Å². The van der Waals surface area contributed by atoms with Crippen molar-refractivity contribution >= 4 is 11.6 Å². The van der Waals surface area contributed by atoms with E-state index in [0.29, 0.717) is 17.0 Å². The van der Waals surface area contributed by atoms with Crippen LogP contribution in [-0.4, -0.2) is 12.1 Å². The van der Waals surface area contributed by atoms with Gasteiger partial charge in [-0.2, -0.15) is 0 Å². The highest BCUT2D eigenvalue weighted by atomic mass is 35.5. The number of methoxy groups -OCH3 is 1. The van der Waals surface area contributed by atoms with Gasteiger partial charge in [-0.15, -0.1) is 0 Å². The fraction of sp³-hybridized carbons (Fsp3) is 0.500. The Bertz CT molecular complexity index is 286. The lowest BCUT2D eigenvalue weighted by Crippen LogP contribution is -1.96. The van der Waals surface area contributed by atoms with Crippen LogP contribution < -0.4 is 4.74 Å². The van der Waals surface area contributed by atoms with E-state index in [0.717, 1.165) is 6.42 Å². The summed E-state index contributed by atoms with van der Waals surface area (Å²) in [4.78, 5) is 4.00. The predicted molar refractivity (Wildman–Crippen MR) is 54.3 cm³/mol. The number of rotatable bonds is 3. The number of hydrogen-bond donors (Lipinski definition) is 0. The molecule has 1 aromatic rings. The topological polar surface area (TPSA) is 22.1 Å². The van der Waals surface area contributed by atoms with Crippen LogP contribution in [0.2, 0.25) is 5.15 Å². The van der Waals surface area contributed by atoms with Crippen molar-refractivity contribution in [3.05, 3.63) is 22.8 Å². The van der Waals surface area contributed by atoms with Gasteiger partial charge in [-0.05, 0) is 24.0 Å². The molecule has 13 heavy (non-hydrogen) atoms. The van der Waals surface area contributed by atoms with Gasteiger partial charge in [-0.3, -0.25) is 0 Å². The summed E-state index contributed by atoms with van der Waals surface area (Å²) >= 11 is 5.82. The molecule has 3 heteroatoms. The Morgan fingerprint density at radius 2 is 2.15 bits per heavy atom. The third-order valence-electron chi connectivity index (χ3n) is 1.68. The molecule has 0 aliphatic heterocycles. The molecule has 0 amide bonds. The van der Waals surface area contributed by atoms with Crippen LogP contribution in [0.1, 0.15) is 19.4 Å². The van der Waals surface area contributed by atoms with Crippen molar-refractivity contribution in [1.29, 1.82) is 0 Å². The molecule has 0 aliphatic rings. The molecule has 0 N–H and O–H groups in total. The number of nitrogens with zero attached hydrogens (tertiary/aromatic N) is 1. The molecule has 1 rings (SSSR count). The monoisotopic (exact) mass is 199 g/mol. The Labute approximate surface area is 83.9 Å². The summed E-state index contributed by atoms with van der Waals surface area (Å²) < 4.78 is 5.02. The number of aromatic nitrogens is 1. The molecule has 1 heterocycles. The summed E-state index contributed by atoms with van der Waals surface area (Å²) in [5.41, 5.74) is 1.17. The van der Waals surface area contributed by atoms with E-state index in [1.807, 2.05) is 12.1 Å². The van der Waals surface area contributed by atoms with Gasteiger partial charge in [-0.1, -0.05) is 25.4 Å². The third-order valence-corrected chi connectivity index (χ3v) is 1.88. The maximum Gasteiger partial charge on any atom is 0.214 e. The molecule has 0 unspecified atom stereocenters. The van der Waals surface area contributed by atoms with E-state index in [4.69, 9.17) is 16.3 Å². The predicted octanol–water partition coefficient (Wildman–Crippen LogP) is 2.94. The minimum absolute atomic E-state index is 0.495. The zero-order valence-electron chi connectivity index (χ0n) is 8.17. The van der Waals surface area contributed by atoms with Crippen LogP contribution >= 0.6 is 11.6 Å². The van der Waals surface area contributed by atoms with Gasteiger partial charge >= 0.3 is 0 Å². The molecular formula is C10H14ClNO. The second-order valence-corrected chi connectivity index (χ2v) is 3.83. The molecule has 0 atom stereocenters. The summed E-state index contributed by atoms with van der Waals surface area (Å²) in [6.45, 7) is 4.33. The van der Waals surface area contributed by atoms with Crippen molar-refractivity contribution in [3.63, 3.8) is 0 Å². The lowest BCUT2D eigenvalue weighted by atomic mass is 10.0. The standard InChI is InChI=1S/C10H14ClNO/c1-7(2)4-8-5-9(11)12-10(6-8)13-3/h5-7H,4H2,1-3H3. The van der Waals surface area contributed by atoms with Crippen molar-refractivity contribution in [2.45, 2.75) is 20.3 Å². The Kier molecular flexibility index (Phi) is 3.55. The van der Waals surface area contributed by atoms with E-state index in [2.05, 4.69) is 18.8 Å². The first-order valence-corrected chi connectivity index (χ1v) is 4.70. The fourth-order valence-corrected chi connectivity index (χ4v) is 1.44. The minimum Gasteiger partial charge on any atom is -0.481 e. The molecule has 0 fully saturated rings. The van der Waals surface area contributed by atoms with Gasteiger partial charge in [-0.25, -0.2) is 4.98 Å². The molecule has 0 bridgehead atoms. The van der Waals surface area contributed by atoms with Gasteiger partial charge in [0.05, 0.1) is 7.11 Å². The number of hydrogen-bond acceptors (Lipinski definition) is 2. The molecule has 0 aromatic carbocycles. The third kappa shape index (κ3) is 3.23. The number of ether oxygens (including phenoxy) is 1. The first-order valence-electron chi connectivity index (χ1n) is 4.32. The Morgan fingerprint density at radius 1 is 1.46 bits per heavy atom. The van der Waals surface area contributed by atoms with Crippen LogP contribution in [0.25, 0.3) is 0 Å². The Morgan fingerprint density at radius 3 is 2.69 bits per heavy atom. The zero-order chi connectivity index (χ0) is 9.84. The summed E-state index contributed by atoms with van der Waals surface area (Å²) in [6, 6.07) is 3.80. The zero-order valence-corrected chi connectivity index (χ0v) is 8.93. The van der Waals surface area contributed by atoms with E-state index in [9.17, 15) is 0 Å². The lowest BCUT2D eigenvalue weighted by molar-refractivity contribution is 0.397. The molecule has 0 spiro atoms. The van der Waals surface area contributed by atoms with Gasteiger partial charge in [0, 0.05) is 6.07 Å². The van der Waals surface area contributed by atoms with Gasteiger partial charge in [0.25, 0.3) is 0 Å². The van der Waals surface area contributed by atoms with Crippen LogP contribution in [0.3, 0.4) is 0 Å². The number of halogens is 1. The first-order chi connectivity index (χ1) is 6.11. The van der Waals surface area contributed by atoms with Crippen LogP contribution in [0.15, 0.2) is 12.1 Å².